The van der Waals surface area contributed by atoms with Crippen molar-refractivity contribution in [1.29, 1.82) is 0 Å². The summed E-state index contributed by atoms with van der Waals surface area (Å²) >= 11 is 0. The van der Waals surface area contributed by atoms with E-state index >= 15 is 0 Å². The Morgan fingerprint density at radius 2 is 1.15 bits per heavy atom. The molecule has 1 aromatic rings. The van der Waals surface area contributed by atoms with Crippen molar-refractivity contribution in [1.82, 2.24) is 9.80 Å². The lowest BCUT2D eigenvalue weighted by atomic mass is 10.2. The monoisotopic (exact) mass is 282 g/mol. The van der Waals surface area contributed by atoms with Gasteiger partial charge in [0.05, 0.1) is 0 Å². The molecule has 0 aliphatic heterocycles. The molecule has 0 atom stereocenters. The summed E-state index contributed by atoms with van der Waals surface area (Å²) in [6.07, 6.45) is 0. The molecule has 1 aromatic carbocycles. The van der Waals surface area contributed by atoms with Crippen molar-refractivity contribution in [2.75, 3.05) is 34.2 Å². The van der Waals surface area contributed by atoms with Gasteiger partial charge in [0.25, 0.3) is 0 Å². The van der Waals surface area contributed by atoms with E-state index in [4.69, 9.17) is 0 Å². The molecule has 0 saturated heterocycles. The van der Waals surface area contributed by atoms with Crippen molar-refractivity contribution in [3.05, 3.63) is 35.9 Å². The normalized spacial score (nSPS) is 8.75. The van der Waals surface area contributed by atoms with Crippen LogP contribution in [-0.4, -0.2) is 44.0 Å². The average molecular weight is 283 g/mol. The highest BCUT2D eigenvalue weighted by molar-refractivity contribution is 5.14. The van der Waals surface area contributed by atoms with Crippen LogP contribution in [0.25, 0.3) is 0 Å². The third kappa shape index (κ3) is 19.5. The Balaban J connectivity index is -0.000000272. The number of benzene rings is 1. The van der Waals surface area contributed by atoms with Crippen LogP contribution >= 0.6 is 0 Å². The predicted molar refractivity (Wildman–Crippen MR) is 95.4 cm³/mol. The van der Waals surface area contributed by atoms with Gasteiger partial charge >= 0.3 is 0 Å². The molecule has 0 bridgehead atoms. The fourth-order valence-corrected chi connectivity index (χ4v) is 1.01. The fourth-order valence-electron chi connectivity index (χ4n) is 1.01. The van der Waals surface area contributed by atoms with Gasteiger partial charge in [0.1, 0.15) is 0 Å². The summed E-state index contributed by atoms with van der Waals surface area (Å²) in [5, 5.41) is 0. The molecule has 1 rings (SSSR count). The minimum Gasteiger partial charge on any atom is -0.310 e. The maximum atomic E-state index is 2.29. The summed E-state index contributed by atoms with van der Waals surface area (Å²) < 4.78 is 0. The van der Waals surface area contributed by atoms with E-state index in [1.807, 2.05) is 27.7 Å². The zero-order valence-electron chi connectivity index (χ0n) is 15.4. The zero-order chi connectivity index (χ0) is 16.4. The molecular weight excluding hydrogens is 244 g/mol. The summed E-state index contributed by atoms with van der Waals surface area (Å²) in [7, 11) is 6.24. The molecule has 0 fully saturated rings. The molecule has 120 valence electrons. The van der Waals surface area contributed by atoms with Crippen LogP contribution in [0.15, 0.2) is 30.3 Å². The highest BCUT2D eigenvalue weighted by Crippen LogP contribution is 2.01. The maximum Gasteiger partial charge on any atom is 0.0230 e. The molecule has 2 nitrogen and oxygen atoms in total. The van der Waals surface area contributed by atoms with E-state index in [9.17, 15) is 0 Å². The first-order valence-electron chi connectivity index (χ1n) is 7.97. The Hall–Kier alpha value is -0.860. The van der Waals surface area contributed by atoms with Gasteiger partial charge in [0.2, 0.25) is 0 Å². The van der Waals surface area contributed by atoms with Crippen molar-refractivity contribution in [2.45, 2.75) is 48.1 Å². The minimum atomic E-state index is 1.05. The Labute approximate surface area is 128 Å². The number of hydrogen-bond donors (Lipinski definition) is 0. The minimum absolute atomic E-state index is 1.05. The fraction of sp³-hybridized carbons (Fsp3) is 0.667. The molecule has 0 N–H and O–H groups in total. The summed E-state index contributed by atoms with van der Waals surface area (Å²) in [6, 6.07) is 10.5. The zero-order valence-corrected chi connectivity index (χ0v) is 15.4. The number of hydrogen-bond acceptors (Lipinski definition) is 2. The highest BCUT2D eigenvalue weighted by atomic mass is 15.1. The lowest BCUT2D eigenvalue weighted by molar-refractivity contribution is 0.346. The second-order valence-electron chi connectivity index (χ2n) is 4.21. The average Bonchev–Trinajstić information content (AvgIpc) is 2.52. The summed E-state index contributed by atoms with van der Waals surface area (Å²) in [6.45, 7) is 15.6. The van der Waals surface area contributed by atoms with Gasteiger partial charge in [0, 0.05) is 6.54 Å². The van der Waals surface area contributed by atoms with Crippen LogP contribution in [0.2, 0.25) is 0 Å². The van der Waals surface area contributed by atoms with E-state index in [0.717, 1.165) is 19.6 Å². The topological polar surface area (TPSA) is 6.48 Å². The highest BCUT2D eigenvalue weighted by Gasteiger charge is 1.94. The van der Waals surface area contributed by atoms with Gasteiger partial charge in [-0.15, -0.1) is 0 Å². The Bertz CT molecular complexity index is 245. The standard InChI is InChI=1S/C10H15N.C4H11N.2C2H6/c1-3-11(2)9-10-7-5-4-6-8-10;1-4-5(2)3;2*1-2/h4-8H,3,9H2,1-2H3;4H2,1-3H3;2*1-2H3. The van der Waals surface area contributed by atoms with Gasteiger partial charge in [-0.25, -0.2) is 0 Å². The smallest absolute Gasteiger partial charge is 0.0230 e. The molecule has 0 heterocycles. The van der Waals surface area contributed by atoms with E-state index in [1.165, 1.54) is 5.56 Å². The molecule has 0 spiro atoms. The van der Waals surface area contributed by atoms with Crippen LogP contribution in [0.1, 0.15) is 47.1 Å². The second kappa shape index (κ2) is 20.5. The van der Waals surface area contributed by atoms with Crippen LogP contribution in [0.5, 0.6) is 0 Å². The van der Waals surface area contributed by atoms with Gasteiger partial charge < -0.3 is 9.80 Å². The van der Waals surface area contributed by atoms with Crippen molar-refractivity contribution in [2.24, 2.45) is 0 Å². The number of nitrogens with zero attached hydrogens (tertiary/aromatic N) is 2. The summed E-state index contributed by atoms with van der Waals surface area (Å²) in [5.41, 5.74) is 1.39. The van der Waals surface area contributed by atoms with Crippen LogP contribution in [0, 0.1) is 0 Å². The quantitative estimate of drug-likeness (QED) is 0.785. The molecule has 0 saturated carbocycles. The van der Waals surface area contributed by atoms with Crippen molar-refractivity contribution < 1.29 is 0 Å². The molecule has 0 aromatic heterocycles. The molecule has 0 radical (unpaired) electrons. The summed E-state index contributed by atoms with van der Waals surface area (Å²) in [5.74, 6) is 0. The van der Waals surface area contributed by atoms with Gasteiger partial charge in [-0.3, -0.25) is 0 Å². The first-order valence-corrected chi connectivity index (χ1v) is 7.97. The Morgan fingerprint density at radius 1 is 0.750 bits per heavy atom. The van der Waals surface area contributed by atoms with E-state index in [0.29, 0.717) is 0 Å². The van der Waals surface area contributed by atoms with Crippen LogP contribution in [0.4, 0.5) is 0 Å². The largest absolute Gasteiger partial charge is 0.310 e. The van der Waals surface area contributed by atoms with Gasteiger partial charge in [-0.1, -0.05) is 71.9 Å². The maximum absolute atomic E-state index is 2.29. The first kappa shape index (κ1) is 24.2. The second-order valence-corrected chi connectivity index (χ2v) is 4.21. The predicted octanol–water partition coefficient (Wildman–Crippen LogP) is 4.76. The molecular formula is C18H38N2. The van der Waals surface area contributed by atoms with E-state index in [1.54, 1.807) is 0 Å². The van der Waals surface area contributed by atoms with Gasteiger partial charge in [-0.2, -0.15) is 0 Å². The Kier molecular flexibility index (Phi) is 24.7. The van der Waals surface area contributed by atoms with Crippen LogP contribution in [0.3, 0.4) is 0 Å². The number of rotatable bonds is 4. The first-order chi connectivity index (χ1) is 9.60. The molecule has 0 aliphatic rings. The SMILES string of the molecule is CC.CC.CCN(C)C.CCN(C)Cc1ccccc1. The van der Waals surface area contributed by atoms with Crippen LogP contribution < -0.4 is 0 Å². The molecule has 2 heteroatoms. The summed E-state index contributed by atoms with van der Waals surface area (Å²) in [4.78, 5) is 4.41. The van der Waals surface area contributed by atoms with Crippen molar-refractivity contribution in [3.8, 4) is 0 Å². The van der Waals surface area contributed by atoms with E-state index in [-0.39, 0.29) is 0 Å². The van der Waals surface area contributed by atoms with Gasteiger partial charge in [0.15, 0.2) is 0 Å². The third-order valence-electron chi connectivity index (χ3n) is 2.47. The lowest BCUT2D eigenvalue weighted by Gasteiger charge is -2.12. The van der Waals surface area contributed by atoms with Crippen molar-refractivity contribution in [3.63, 3.8) is 0 Å². The van der Waals surface area contributed by atoms with Gasteiger partial charge in [-0.05, 0) is 39.8 Å². The molecule has 0 aliphatic carbocycles. The van der Waals surface area contributed by atoms with Crippen LogP contribution in [-0.2, 0) is 6.54 Å². The third-order valence-corrected chi connectivity index (χ3v) is 2.47. The molecule has 0 unspecified atom stereocenters. The van der Waals surface area contributed by atoms with Crippen molar-refractivity contribution >= 4 is 0 Å². The molecule has 0 amide bonds. The Morgan fingerprint density at radius 3 is 1.45 bits per heavy atom. The molecule has 20 heavy (non-hydrogen) atoms. The van der Waals surface area contributed by atoms with E-state index < -0.39 is 0 Å². The lowest BCUT2D eigenvalue weighted by Crippen LogP contribution is -2.16. The van der Waals surface area contributed by atoms with E-state index in [2.05, 4.69) is 75.1 Å².